The number of hydrogen-bond acceptors (Lipinski definition) is 2. The van der Waals surface area contributed by atoms with Crippen LogP contribution in [0, 0.1) is 0 Å². The van der Waals surface area contributed by atoms with E-state index in [9.17, 15) is 9.67 Å². The van der Waals surface area contributed by atoms with E-state index in [1.165, 1.54) is 24.3 Å². The largest absolute Gasteiger partial charge is 0.508 e. The Morgan fingerprint density at radius 1 is 0.933 bits per heavy atom. The van der Waals surface area contributed by atoms with Crippen molar-refractivity contribution in [2.75, 3.05) is 0 Å². The summed E-state index contributed by atoms with van der Waals surface area (Å²) in [5.74, 6) is 0.0744. The first kappa shape index (κ1) is 10.2. The van der Waals surface area contributed by atoms with Crippen molar-refractivity contribution in [3.05, 3.63) is 36.4 Å². The summed E-state index contributed by atoms with van der Waals surface area (Å²) in [6.07, 6.45) is 0. The molecule has 0 saturated carbocycles. The molecule has 0 radical (unpaired) electrons. The zero-order valence-electron chi connectivity index (χ0n) is 7.66. The fourth-order valence-corrected chi connectivity index (χ4v) is 1.98. The lowest BCUT2D eigenvalue weighted by molar-refractivity contribution is 0.387. The van der Waals surface area contributed by atoms with Crippen molar-refractivity contribution >= 4 is 23.7 Å². The topological polar surface area (TPSA) is 77.8 Å². The molecule has 0 bridgehead atoms. The zero-order valence-corrected chi connectivity index (χ0v) is 8.56. The highest BCUT2D eigenvalue weighted by Gasteiger charge is 2.16. The Morgan fingerprint density at radius 2 is 1.60 bits per heavy atom. The molecule has 3 N–H and O–H groups in total. The molecule has 2 aromatic rings. The fourth-order valence-electron chi connectivity index (χ4n) is 1.40. The third kappa shape index (κ3) is 2.02. The van der Waals surface area contributed by atoms with E-state index in [1.807, 2.05) is 0 Å². The predicted octanol–water partition coefficient (Wildman–Crippen LogP) is 1.35. The average Bonchev–Trinajstić information content (AvgIpc) is 2.15. The fraction of sp³-hybridized carbons (Fsp3) is 0. The molecule has 2 aromatic carbocycles. The normalized spacial score (nSPS) is 11.9. The van der Waals surface area contributed by atoms with Gasteiger partial charge in [0.25, 0.3) is 0 Å². The van der Waals surface area contributed by atoms with E-state index in [2.05, 4.69) is 0 Å². The van der Waals surface area contributed by atoms with Crippen molar-refractivity contribution in [2.45, 2.75) is 0 Å². The van der Waals surface area contributed by atoms with Crippen molar-refractivity contribution in [1.82, 2.24) is 0 Å². The molecule has 78 valence electrons. The van der Waals surface area contributed by atoms with E-state index in [1.54, 1.807) is 12.1 Å². The molecular weight excluding hydrogens is 215 g/mol. The number of aromatic hydroxyl groups is 1. The van der Waals surface area contributed by atoms with E-state index in [0.717, 1.165) is 5.39 Å². The highest BCUT2D eigenvalue weighted by Crippen LogP contribution is 2.34. The number of phenolic OH excluding ortho intramolecular Hbond substituents is 1. The van der Waals surface area contributed by atoms with Crippen molar-refractivity contribution in [2.24, 2.45) is 0 Å². The van der Waals surface area contributed by atoms with Crippen LogP contribution in [0.4, 0.5) is 0 Å². The molecule has 0 heterocycles. The van der Waals surface area contributed by atoms with Crippen LogP contribution in [0.15, 0.2) is 36.4 Å². The molecule has 5 heteroatoms. The summed E-state index contributed by atoms with van der Waals surface area (Å²) in [5, 5.41) is 10.6. The van der Waals surface area contributed by atoms with Crippen LogP contribution in [0.25, 0.3) is 10.8 Å². The summed E-state index contributed by atoms with van der Waals surface area (Å²) in [7, 11) is -4.22. The second-order valence-electron chi connectivity index (χ2n) is 3.26. The van der Waals surface area contributed by atoms with Gasteiger partial charge in [0, 0.05) is 0 Å². The molecule has 0 spiro atoms. The van der Waals surface area contributed by atoms with Gasteiger partial charge in [-0.3, -0.25) is 4.57 Å². The molecule has 0 aromatic heterocycles. The van der Waals surface area contributed by atoms with Crippen LogP contribution in [0.2, 0.25) is 0 Å². The van der Waals surface area contributed by atoms with Gasteiger partial charge in [-0.15, -0.1) is 0 Å². The summed E-state index contributed by atoms with van der Waals surface area (Å²) in [4.78, 5) is 17.9. The molecule has 0 aliphatic heterocycles. The van der Waals surface area contributed by atoms with Gasteiger partial charge in [0.2, 0.25) is 0 Å². The molecule has 0 atom stereocenters. The van der Waals surface area contributed by atoms with E-state index >= 15 is 0 Å². The van der Waals surface area contributed by atoms with Crippen LogP contribution in [-0.4, -0.2) is 14.9 Å². The summed E-state index contributed by atoms with van der Waals surface area (Å²) >= 11 is 0. The van der Waals surface area contributed by atoms with Gasteiger partial charge in [-0.1, -0.05) is 12.1 Å². The lowest BCUT2D eigenvalue weighted by Crippen LogP contribution is -2.02. The van der Waals surface area contributed by atoms with E-state index in [4.69, 9.17) is 9.79 Å². The van der Waals surface area contributed by atoms with Crippen LogP contribution in [0.5, 0.6) is 5.75 Å². The SMILES string of the molecule is O=P(O)(O)c1ccc2ccc(O)cc2c1. The number of hydrogen-bond donors (Lipinski definition) is 3. The first-order valence-electron chi connectivity index (χ1n) is 4.26. The molecule has 15 heavy (non-hydrogen) atoms. The van der Waals surface area contributed by atoms with Gasteiger partial charge in [0.1, 0.15) is 5.75 Å². The molecule has 0 amide bonds. The molecule has 0 aliphatic rings. The summed E-state index contributed by atoms with van der Waals surface area (Å²) < 4.78 is 11.0. The minimum absolute atomic E-state index is 0.0411. The zero-order chi connectivity index (χ0) is 11.1. The maximum atomic E-state index is 11.0. The first-order valence-corrected chi connectivity index (χ1v) is 5.87. The summed E-state index contributed by atoms with van der Waals surface area (Å²) in [6.45, 7) is 0. The highest BCUT2D eigenvalue weighted by molar-refractivity contribution is 7.60. The number of rotatable bonds is 1. The third-order valence-electron chi connectivity index (χ3n) is 2.14. The Labute approximate surface area is 86.0 Å². The van der Waals surface area contributed by atoms with E-state index < -0.39 is 7.60 Å². The molecular formula is C10H9O4P. The van der Waals surface area contributed by atoms with Gasteiger partial charge >= 0.3 is 7.60 Å². The Balaban J connectivity index is 2.70. The van der Waals surface area contributed by atoms with E-state index in [0.29, 0.717) is 5.39 Å². The van der Waals surface area contributed by atoms with Gasteiger partial charge in [0.05, 0.1) is 5.30 Å². The van der Waals surface area contributed by atoms with Crippen molar-refractivity contribution in [3.63, 3.8) is 0 Å². The smallest absolute Gasteiger partial charge is 0.356 e. The molecule has 2 rings (SSSR count). The molecule has 0 saturated heterocycles. The lowest BCUT2D eigenvalue weighted by atomic mass is 10.1. The van der Waals surface area contributed by atoms with Gasteiger partial charge in [-0.05, 0) is 35.0 Å². The van der Waals surface area contributed by atoms with Crippen LogP contribution in [-0.2, 0) is 4.57 Å². The van der Waals surface area contributed by atoms with Crippen molar-refractivity contribution in [1.29, 1.82) is 0 Å². The van der Waals surface area contributed by atoms with Crippen LogP contribution in [0.1, 0.15) is 0 Å². The number of benzene rings is 2. The molecule has 0 fully saturated rings. The predicted molar refractivity (Wildman–Crippen MR) is 57.3 cm³/mol. The van der Waals surface area contributed by atoms with Gasteiger partial charge < -0.3 is 14.9 Å². The Kier molecular flexibility index (Phi) is 2.27. The quantitative estimate of drug-likeness (QED) is 0.639. The molecule has 0 unspecified atom stereocenters. The Hall–Kier alpha value is -1.35. The van der Waals surface area contributed by atoms with Crippen LogP contribution < -0.4 is 5.30 Å². The summed E-state index contributed by atoms with van der Waals surface area (Å²) in [5.41, 5.74) is 0. The molecule has 4 nitrogen and oxygen atoms in total. The second kappa shape index (κ2) is 3.35. The molecule has 0 aliphatic carbocycles. The van der Waals surface area contributed by atoms with Crippen molar-refractivity contribution in [3.8, 4) is 5.75 Å². The lowest BCUT2D eigenvalue weighted by Gasteiger charge is -2.05. The monoisotopic (exact) mass is 224 g/mol. The van der Waals surface area contributed by atoms with Crippen LogP contribution in [0.3, 0.4) is 0 Å². The number of phenols is 1. The maximum Gasteiger partial charge on any atom is 0.356 e. The van der Waals surface area contributed by atoms with Crippen molar-refractivity contribution < 1.29 is 19.5 Å². The van der Waals surface area contributed by atoms with Gasteiger partial charge in [-0.25, -0.2) is 0 Å². The Bertz CT molecular complexity index is 558. The maximum absolute atomic E-state index is 11.0. The minimum atomic E-state index is -4.22. The first-order chi connectivity index (χ1) is 6.97. The average molecular weight is 224 g/mol. The Morgan fingerprint density at radius 3 is 2.27 bits per heavy atom. The standard InChI is InChI=1S/C10H9O4P/c11-9-3-1-7-2-4-10(15(12,13)14)6-8(7)5-9/h1-6,11H,(H2,12,13,14). The van der Waals surface area contributed by atoms with Gasteiger partial charge in [0.15, 0.2) is 0 Å². The summed E-state index contributed by atoms with van der Waals surface area (Å²) in [6, 6.07) is 9.07. The third-order valence-corrected chi connectivity index (χ3v) is 3.09. The van der Waals surface area contributed by atoms with Crippen LogP contribution >= 0.6 is 7.60 Å². The number of fused-ring (bicyclic) bond motifs is 1. The van der Waals surface area contributed by atoms with Gasteiger partial charge in [-0.2, -0.15) is 0 Å². The van der Waals surface area contributed by atoms with E-state index in [-0.39, 0.29) is 11.1 Å². The minimum Gasteiger partial charge on any atom is -0.508 e. The highest BCUT2D eigenvalue weighted by atomic mass is 31.2. The second-order valence-corrected chi connectivity index (χ2v) is 4.86.